The van der Waals surface area contributed by atoms with Gasteiger partial charge in [0.15, 0.2) is 6.23 Å². The van der Waals surface area contributed by atoms with E-state index < -0.39 is 5.41 Å². The molecule has 3 N–H and O–H groups in total. The molecule has 0 spiro atoms. The number of esters is 1. The van der Waals surface area contributed by atoms with Gasteiger partial charge in [-0.25, -0.2) is 0 Å². The maximum atomic E-state index is 12.0. The second-order valence-corrected chi connectivity index (χ2v) is 6.09. The lowest BCUT2D eigenvalue weighted by Crippen LogP contribution is -2.36. The van der Waals surface area contributed by atoms with Gasteiger partial charge in [0.25, 0.3) is 0 Å². The summed E-state index contributed by atoms with van der Waals surface area (Å²) in [5.41, 5.74) is 7.13. The number of carbonyl (C=O) groups is 1. The summed E-state index contributed by atoms with van der Waals surface area (Å²) in [6.45, 7) is 6.45. The first-order valence-electron chi connectivity index (χ1n) is 6.68. The molecule has 1 fully saturated rings. The van der Waals surface area contributed by atoms with E-state index in [1.807, 2.05) is 45.0 Å². The first-order chi connectivity index (χ1) is 8.88. The maximum Gasteiger partial charge on any atom is 0.312 e. The second kappa shape index (κ2) is 5.21. The predicted molar refractivity (Wildman–Crippen MR) is 75.6 cm³/mol. The van der Waals surface area contributed by atoms with Crippen LogP contribution < -0.4 is 11.1 Å². The van der Waals surface area contributed by atoms with E-state index in [0.29, 0.717) is 0 Å². The van der Waals surface area contributed by atoms with Gasteiger partial charge in [-0.15, -0.1) is 0 Å². The molecule has 1 aromatic rings. The largest absolute Gasteiger partial charge is 0.445 e. The molecule has 104 valence electrons. The monoisotopic (exact) mass is 262 g/mol. The molecule has 0 aliphatic carbocycles. The van der Waals surface area contributed by atoms with Crippen LogP contribution in [0, 0.1) is 5.41 Å². The third-order valence-corrected chi connectivity index (χ3v) is 3.38. The molecule has 0 radical (unpaired) electrons. The Hall–Kier alpha value is -1.55. The zero-order valence-electron chi connectivity index (χ0n) is 11.8. The lowest BCUT2D eigenvalue weighted by Gasteiger charge is -2.24. The molecular weight excluding hydrogens is 240 g/mol. The van der Waals surface area contributed by atoms with Crippen LogP contribution >= 0.6 is 0 Å². The van der Waals surface area contributed by atoms with Crippen molar-refractivity contribution in [3.63, 3.8) is 0 Å². The summed E-state index contributed by atoms with van der Waals surface area (Å²) in [5, 5.41) is 3.25. The lowest BCUT2D eigenvalue weighted by atomic mass is 9.95. The Morgan fingerprint density at radius 1 is 1.32 bits per heavy atom. The highest BCUT2D eigenvalue weighted by Crippen LogP contribution is 2.30. The Bertz CT molecular complexity index is 448. The third-order valence-electron chi connectivity index (χ3n) is 3.38. The molecule has 1 heterocycles. The molecule has 1 saturated heterocycles. The Balaban J connectivity index is 2.09. The quantitative estimate of drug-likeness (QED) is 0.634. The first-order valence-corrected chi connectivity index (χ1v) is 6.68. The van der Waals surface area contributed by atoms with Crippen LogP contribution in [0.3, 0.4) is 0 Å². The number of hydrogen-bond donors (Lipinski definition) is 2. The Morgan fingerprint density at radius 3 is 2.53 bits per heavy atom. The summed E-state index contributed by atoms with van der Waals surface area (Å²) in [6, 6.07) is 7.78. The Kier molecular flexibility index (Phi) is 3.80. The van der Waals surface area contributed by atoms with Gasteiger partial charge in [-0.05, 0) is 51.4 Å². The van der Waals surface area contributed by atoms with E-state index >= 15 is 0 Å². The summed E-state index contributed by atoms with van der Waals surface area (Å²) >= 11 is 0. The van der Waals surface area contributed by atoms with Crippen LogP contribution in [0.5, 0.6) is 0 Å². The molecule has 4 heteroatoms. The zero-order chi connectivity index (χ0) is 14.0. The molecule has 0 saturated carbocycles. The van der Waals surface area contributed by atoms with Crippen molar-refractivity contribution in [2.75, 3.05) is 12.3 Å². The van der Waals surface area contributed by atoms with Crippen LogP contribution in [0.4, 0.5) is 5.69 Å². The summed E-state index contributed by atoms with van der Waals surface area (Å²) in [7, 11) is 0. The zero-order valence-corrected chi connectivity index (χ0v) is 11.8. The number of nitrogen functional groups attached to an aromatic ring is 1. The van der Waals surface area contributed by atoms with Gasteiger partial charge < -0.3 is 10.5 Å². The van der Waals surface area contributed by atoms with Gasteiger partial charge >= 0.3 is 5.97 Å². The number of nitrogens with two attached hydrogens (primary N) is 1. The first kappa shape index (κ1) is 13.9. The minimum atomic E-state index is -0.476. The van der Waals surface area contributed by atoms with E-state index in [4.69, 9.17) is 10.5 Å². The average Bonchev–Trinajstić information content (AvgIpc) is 2.77. The van der Waals surface area contributed by atoms with Crippen molar-refractivity contribution in [3.8, 4) is 0 Å². The molecule has 19 heavy (non-hydrogen) atoms. The van der Waals surface area contributed by atoms with Crippen molar-refractivity contribution in [2.45, 2.75) is 39.3 Å². The van der Waals surface area contributed by atoms with E-state index in [-0.39, 0.29) is 18.1 Å². The van der Waals surface area contributed by atoms with Crippen LogP contribution in [0.15, 0.2) is 24.3 Å². The highest BCUT2D eigenvalue weighted by molar-refractivity contribution is 5.75. The predicted octanol–water partition coefficient (Wildman–Crippen LogP) is 2.26. The van der Waals surface area contributed by atoms with Crippen LogP contribution in [-0.2, 0) is 9.53 Å². The molecule has 0 aromatic heterocycles. The van der Waals surface area contributed by atoms with E-state index in [2.05, 4.69) is 5.32 Å². The van der Waals surface area contributed by atoms with Crippen LogP contribution in [0.25, 0.3) is 0 Å². The summed E-state index contributed by atoms with van der Waals surface area (Å²) in [5.74, 6) is 0.0271. The summed E-state index contributed by atoms with van der Waals surface area (Å²) in [6.07, 6.45) is 0.724. The lowest BCUT2D eigenvalue weighted by molar-refractivity contribution is -0.160. The number of nitrogens with one attached hydrogen (secondary N) is 1. The van der Waals surface area contributed by atoms with Gasteiger partial charge in [-0.3, -0.25) is 10.1 Å². The number of rotatable bonds is 2. The molecule has 1 aliphatic rings. The van der Waals surface area contributed by atoms with Crippen LogP contribution in [0.2, 0.25) is 0 Å². The minimum Gasteiger partial charge on any atom is -0.445 e. The molecule has 0 amide bonds. The Labute approximate surface area is 114 Å². The topological polar surface area (TPSA) is 64.3 Å². The van der Waals surface area contributed by atoms with Gasteiger partial charge in [0, 0.05) is 11.6 Å². The van der Waals surface area contributed by atoms with Gasteiger partial charge in [0.2, 0.25) is 0 Å². The van der Waals surface area contributed by atoms with E-state index in [1.165, 1.54) is 0 Å². The minimum absolute atomic E-state index is 0.174. The summed E-state index contributed by atoms with van der Waals surface area (Å²) in [4.78, 5) is 12.0. The standard InChI is InChI=1S/C15H22N2O2/c1-15(2,3)14(18)19-13-12(8-9-17-13)10-4-6-11(16)7-5-10/h4-7,12-13,17H,8-9,16H2,1-3H3. The fourth-order valence-electron chi connectivity index (χ4n) is 2.18. The van der Waals surface area contributed by atoms with Crippen molar-refractivity contribution in [1.29, 1.82) is 0 Å². The molecule has 2 unspecified atom stereocenters. The number of anilines is 1. The molecule has 0 bridgehead atoms. The van der Waals surface area contributed by atoms with Crippen molar-refractivity contribution in [3.05, 3.63) is 29.8 Å². The van der Waals surface area contributed by atoms with Crippen molar-refractivity contribution >= 4 is 11.7 Å². The number of carbonyl (C=O) groups excluding carboxylic acids is 1. The number of ether oxygens (including phenoxy) is 1. The smallest absolute Gasteiger partial charge is 0.312 e. The van der Waals surface area contributed by atoms with Gasteiger partial charge in [-0.2, -0.15) is 0 Å². The fourth-order valence-corrected chi connectivity index (χ4v) is 2.18. The molecule has 2 atom stereocenters. The van der Waals surface area contributed by atoms with Crippen molar-refractivity contribution < 1.29 is 9.53 Å². The van der Waals surface area contributed by atoms with Crippen molar-refractivity contribution in [2.24, 2.45) is 5.41 Å². The van der Waals surface area contributed by atoms with Gasteiger partial charge in [0.05, 0.1) is 5.41 Å². The highest BCUT2D eigenvalue weighted by atomic mass is 16.6. The summed E-state index contributed by atoms with van der Waals surface area (Å²) < 4.78 is 5.59. The average molecular weight is 262 g/mol. The molecule has 1 aromatic carbocycles. The molecule has 1 aliphatic heterocycles. The van der Waals surface area contributed by atoms with Crippen molar-refractivity contribution in [1.82, 2.24) is 5.32 Å². The van der Waals surface area contributed by atoms with E-state index in [0.717, 1.165) is 24.2 Å². The van der Waals surface area contributed by atoms with Crippen LogP contribution in [0.1, 0.15) is 38.7 Å². The molecule has 2 rings (SSSR count). The second-order valence-electron chi connectivity index (χ2n) is 6.09. The highest BCUT2D eigenvalue weighted by Gasteiger charge is 2.34. The van der Waals surface area contributed by atoms with Gasteiger partial charge in [0.1, 0.15) is 0 Å². The number of benzene rings is 1. The van der Waals surface area contributed by atoms with Crippen LogP contribution in [-0.4, -0.2) is 18.7 Å². The molecule has 4 nitrogen and oxygen atoms in total. The molecular formula is C15H22N2O2. The van der Waals surface area contributed by atoms with E-state index in [1.54, 1.807) is 0 Å². The fraction of sp³-hybridized carbons (Fsp3) is 0.533. The number of hydrogen-bond acceptors (Lipinski definition) is 4. The third kappa shape index (κ3) is 3.26. The van der Waals surface area contributed by atoms with E-state index in [9.17, 15) is 4.79 Å². The van der Waals surface area contributed by atoms with Gasteiger partial charge in [-0.1, -0.05) is 12.1 Å². The SMILES string of the molecule is CC(C)(C)C(=O)OC1NCCC1c1ccc(N)cc1. The maximum absolute atomic E-state index is 12.0. The Morgan fingerprint density at radius 2 is 1.95 bits per heavy atom. The normalized spacial score (nSPS) is 23.3.